The van der Waals surface area contributed by atoms with Crippen molar-refractivity contribution >= 4 is 21.6 Å². The van der Waals surface area contributed by atoms with E-state index in [1.165, 1.54) is 5.39 Å². The van der Waals surface area contributed by atoms with Crippen molar-refractivity contribution in [3.8, 4) is 0 Å². The minimum Gasteiger partial charge on any atom is -0.377 e. The molecule has 1 saturated heterocycles. The van der Waals surface area contributed by atoms with Gasteiger partial charge in [-0.05, 0) is 29.7 Å². The Labute approximate surface area is 127 Å². The van der Waals surface area contributed by atoms with Gasteiger partial charge in [0, 0.05) is 29.2 Å². The van der Waals surface area contributed by atoms with Gasteiger partial charge in [-0.3, -0.25) is 4.21 Å². The molecule has 4 unspecified atom stereocenters. The second-order valence-corrected chi connectivity index (χ2v) is 7.33. The first-order valence-corrected chi connectivity index (χ1v) is 8.77. The van der Waals surface area contributed by atoms with E-state index in [-0.39, 0.29) is 17.4 Å². The third-order valence-electron chi connectivity index (χ3n) is 4.21. The predicted octanol–water partition coefficient (Wildman–Crippen LogP) is 2.77. The van der Waals surface area contributed by atoms with Gasteiger partial charge in [0.25, 0.3) is 0 Å². The summed E-state index contributed by atoms with van der Waals surface area (Å²) in [7, 11) is -0.949. The van der Waals surface area contributed by atoms with Crippen molar-refractivity contribution in [3.05, 3.63) is 48.0 Å². The van der Waals surface area contributed by atoms with Crippen LogP contribution in [0.15, 0.2) is 42.5 Å². The Hall–Kier alpha value is -1.23. The molecular weight excluding hydrogens is 282 g/mol. The summed E-state index contributed by atoms with van der Waals surface area (Å²) in [6.45, 7) is 2.71. The first-order valence-electron chi connectivity index (χ1n) is 7.39. The SMILES string of the molecule is CC1OCCC1S(=O)CC(N)c1cccc2ccccc12. The Morgan fingerprint density at radius 3 is 2.81 bits per heavy atom. The minimum absolute atomic E-state index is 0.0746. The van der Waals surface area contributed by atoms with Crippen LogP contribution in [0.1, 0.15) is 24.9 Å². The quantitative estimate of drug-likeness (QED) is 0.945. The fourth-order valence-corrected chi connectivity index (χ4v) is 4.67. The maximum Gasteiger partial charge on any atom is 0.0691 e. The van der Waals surface area contributed by atoms with Gasteiger partial charge < -0.3 is 10.5 Å². The zero-order valence-electron chi connectivity index (χ0n) is 12.2. The highest BCUT2D eigenvalue weighted by atomic mass is 32.2. The summed E-state index contributed by atoms with van der Waals surface area (Å²) in [4.78, 5) is 0. The molecule has 1 heterocycles. The van der Waals surface area contributed by atoms with E-state index in [2.05, 4.69) is 18.2 Å². The lowest BCUT2D eigenvalue weighted by molar-refractivity contribution is 0.127. The summed E-state index contributed by atoms with van der Waals surface area (Å²) in [5.41, 5.74) is 7.42. The van der Waals surface area contributed by atoms with Gasteiger partial charge in [-0.15, -0.1) is 0 Å². The zero-order chi connectivity index (χ0) is 14.8. The summed E-state index contributed by atoms with van der Waals surface area (Å²) in [5, 5.41) is 2.44. The third kappa shape index (κ3) is 3.03. The first kappa shape index (κ1) is 14.7. The van der Waals surface area contributed by atoms with Crippen LogP contribution in [0, 0.1) is 0 Å². The maximum absolute atomic E-state index is 12.5. The van der Waals surface area contributed by atoms with Crippen molar-refractivity contribution in [1.82, 2.24) is 0 Å². The molecule has 3 rings (SSSR count). The molecule has 112 valence electrons. The minimum atomic E-state index is -0.949. The first-order chi connectivity index (χ1) is 10.2. The van der Waals surface area contributed by atoms with E-state index in [1.807, 2.05) is 31.2 Å². The maximum atomic E-state index is 12.5. The fourth-order valence-electron chi connectivity index (χ4n) is 3.02. The van der Waals surface area contributed by atoms with Crippen molar-refractivity contribution in [1.29, 1.82) is 0 Å². The second kappa shape index (κ2) is 6.26. The van der Waals surface area contributed by atoms with Crippen LogP contribution in [-0.2, 0) is 15.5 Å². The normalized spacial score (nSPS) is 25.0. The Bertz CT molecular complexity index is 653. The monoisotopic (exact) mass is 303 g/mol. The van der Waals surface area contributed by atoms with Crippen LogP contribution >= 0.6 is 0 Å². The highest BCUT2D eigenvalue weighted by Gasteiger charge is 2.30. The van der Waals surface area contributed by atoms with Crippen LogP contribution < -0.4 is 5.73 Å². The number of ether oxygens (including phenoxy) is 1. The predicted molar refractivity (Wildman–Crippen MR) is 87.7 cm³/mol. The van der Waals surface area contributed by atoms with Crippen LogP contribution in [0.25, 0.3) is 10.8 Å². The number of hydrogen-bond donors (Lipinski definition) is 1. The van der Waals surface area contributed by atoms with E-state index in [1.54, 1.807) is 0 Å². The molecule has 4 heteroatoms. The van der Waals surface area contributed by atoms with Crippen molar-refractivity contribution in [2.45, 2.75) is 30.7 Å². The molecule has 2 N–H and O–H groups in total. The Balaban J connectivity index is 1.81. The largest absolute Gasteiger partial charge is 0.377 e. The molecule has 2 aromatic rings. The molecule has 0 aromatic heterocycles. The van der Waals surface area contributed by atoms with Gasteiger partial charge in [0.2, 0.25) is 0 Å². The lowest BCUT2D eigenvalue weighted by Gasteiger charge is -2.18. The topological polar surface area (TPSA) is 52.3 Å². The molecule has 1 aliphatic rings. The van der Waals surface area contributed by atoms with Gasteiger partial charge >= 0.3 is 0 Å². The highest BCUT2D eigenvalue weighted by molar-refractivity contribution is 7.85. The number of benzene rings is 2. The van der Waals surface area contributed by atoms with Crippen molar-refractivity contribution < 1.29 is 8.95 Å². The van der Waals surface area contributed by atoms with Gasteiger partial charge in [0.05, 0.1) is 11.4 Å². The number of hydrogen-bond acceptors (Lipinski definition) is 3. The molecule has 1 fully saturated rings. The highest BCUT2D eigenvalue weighted by Crippen LogP contribution is 2.26. The fraction of sp³-hybridized carbons (Fsp3) is 0.412. The molecule has 21 heavy (non-hydrogen) atoms. The summed E-state index contributed by atoms with van der Waals surface area (Å²) < 4.78 is 18.0. The van der Waals surface area contributed by atoms with Gasteiger partial charge in [0.15, 0.2) is 0 Å². The molecule has 0 amide bonds. The molecule has 2 aromatic carbocycles. The van der Waals surface area contributed by atoms with E-state index in [0.717, 1.165) is 17.4 Å². The van der Waals surface area contributed by atoms with Gasteiger partial charge in [-0.25, -0.2) is 0 Å². The Kier molecular flexibility index (Phi) is 4.38. The number of fused-ring (bicyclic) bond motifs is 1. The van der Waals surface area contributed by atoms with E-state index >= 15 is 0 Å². The zero-order valence-corrected chi connectivity index (χ0v) is 13.0. The van der Waals surface area contributed by atoms with E-state index in [4.69, 9.17) is 10.5 Å². The molecule has 0 bridgehead atoms. The number of nitrogens with two attached hydrogens (primary N) is 1. The summed E-state index contributed by atoms with van der Waals surface area (Å²) >= 11 is 0. The molecule has 0 aliphatic carbocycles. The summed E-state index contributed by atoms with van der Waals surface area (Å²) in [6.07, 6.45) is 0.946. The van der Waals surface area contributed by atoms with Crippen LogP contribution in [0.5, 0.6) is 0 Å². The standard InChI is InChI=1S/C17H21NO2S/c1-12-17(9-10-20-12)21(19)11-16(18)15-8-4-6-13-5-2-3-7-14(13)15/h2-8,12,16-17H,9-11,18H2,1H3. The molecular formula is C17H21NO2S. The molecule has 4 atom stereocenters. The van der Waals surface area contributed by atoms with E-state index in [0.29, 0.717) is 12.4 Å². The van der Waals surface area contributed by atoms with E-state index in [9.17, 15) is 4.21 Å². The lowest BCUT2D eigenvalue weighted by Crippen LogP contribution is -2.29. The molecule has 0 radical (unpaired) electrons. The smallest absolute Gasteiger partial charge is 0.0691 e. The van der Waals surface area contributed by atoms with Gasteiger partial charge in [-0.1, -0.05) is 42.5 Å². The average Bonchev–Trinajstić information content (AvgIpc) is 2.92. The van der Waals surface area contributed by atoms with Crippen molar-refractivity contribution in [3.63, 3.8) is 0 Å². The average molecular weight is 303 g/mol. The van der Waals surface area contributed by atoms with Crippen LogP contribution in [-0.4, -0.2) is 27.9 Å². The summed E-state index contributed by atoms with van der Waals surface area (Å²) in [6, 6.07) is 14.1. The van der Waals surface area contributed by atoms with Crippen molar-refractivity contribution in [2.75, 3.05) is 12.4 Å². The van der Waals surface area contributed by atoms with Crippen LogP contribution in [0.4, 0.5) is 0 Å². The van der Waals surface area contributed by atoms with Crippen molar-refractivity contribution in [2.24, 2.45) is 5.73 Å². The van der Waals surface area contributed by atoms with E-state index < -0.39 is 10.8 Å². The molecule has 3 nitrogen and oxygen atoms in total. The lowest BCUT2D eigenvalue weighted by atomic mass is 10.0. The Morgan fingerprint density at radius 2 is 2.05 bits per heavy atom. The molecule has 0 saturated carbocycles. The molecule has 0 spiro atoms. The third-order valence-corrected chi connectivity index (χ3v) is 6.19. The second-order valence-electron chi connectivity index (χ2n) is 5.63. The van der Waals surface area contributed by atoms with Crippen LogP contribution in [0.3, 0.4) is 0 Å². The van der Waals surface area contributed by atoms with Gasteiger partial charge in [0.1, 0.15) is 0 Å². The Morgan fingerprint density at radius 1 is 1.29 bits per heavy atom. The molecule has 1 aliphatic heterocycles. The van der Waals surface area contributed by atoms with Crippen LogP contribution in [0.2, 0.25) is 0 Å². The van der Waals surface area contributed by atoms with Gasteiger partial charge in [-0.2, -0.15) is 0 Å². The summed E-state index contributed by atoms with van der Waals surface area (Å²) in [5.74, 6) is 0.492. The number of rotatable bonds is 4.